The van der Waals surface area contributed by atoms with Gasteiger partial charge in [-0.2, -0.15) is 0 Å². The Bertz CT molecular complexity index is 992. The zero-order chi connectivity index (χ0) is 22.1. The molecule has 0 spiro atoms. The Kier molecular flexibility index (Phi) is 5.90. The predicted octanol–water partition coefficient (Wildman–Crippen LogP) is 4.59. The minimum atomic E-state index is 0.00164. The lowest BCUT2D eigenvalue weighted by Crippen LogP contribution is -2.34. The Hall–Kier alpha value is -2.82. The van der Waals surface area contributed by atoms with Gasteiger partial charge in [0, 0.05) is 30.6 Å². The van der Waals surface area contributed by atoms with Gasteiger partial charge in [-0.05, 0) is 91.8 Å². The van der Waals surface area contributed by atoms with Crippen LogP contribution in [-0.4, -0.2) is 35.9 Å². The lowest BCUT2D eigenvalue weighted by molar-refractivity contribution is -0.132. The Balaban J connectivity index is 1.25. The first-order valence-corrected chi connectivity index (χ1v) is 12.0. The third kappa shape index (κ3) is 4.82. The van der Waals surface area contributed by atoms with E-state index in [9.17, 15) is 9.59 Å². The fourth-order valence-corrected chi connectivity index (χ4v) is 4.82. The monoisotopic (exact) mass is 432 g/mol. The molecule has 1 N–H and O–H groups in total. The molecule has 0 saturated heterocycles. The van der Waals surface area contributed by atoms with E-state index in [0.717, 1.165) is 56.3 Å². The van der Waals surface area contributed by atoms with Crippen molar-refractivity contribution in [2.75, 3.05) is 7.11 Å². The smallest absolute Gasteiger partial charge is 0.251 e. The first kappa shape index (κ1) is 21.0. The quantitative estimate of drug-likeness (QED) is 0.664. The highest BCUT2D eigenvalue weighted by Gasteiger charge is 2.34. The maximum Gasteiger partial charge on any atom is 0.251 e. The van der Waals surface area contributed by atoms with Gasteiger partial charge >= 0.3 is 0 Å². The summed E-state index contributed by atoms with van der Waals surface area (Å²) < 4.78 is 5.39. The SMILES string of the molecule is COc1ccc2c(c1)CCCC2CC(=O)N(Cc1ccc(C(=O)NC2CC2)cc1)C1CC1. The Morgan fingerprint density at radius 3 is 2.50 bits per heavy atom. The zero-order valence-corrected chi connectivity index (χ0v) is 18.8. The number of methoxy groups -OCH3 is 1. The minimum absolute atomic E-state index is 0.00164. The predicted molar refractivity (Wildman–Crippen MR) is 124 cm³/mol. The largest absolute Gasteiger partial charge is 0.497 e. The molecule has 2 amide bonds. The second-order valence-corrected chi connectivity index (χ2v) is 9.56. The lowest BCUT2D eigenvalue weighted by Gasteiger charge is -2.29. The summed E-state index contributed by atoms with van der Waals surface area (Å²) in [6.07, 6.45) is 8.16. The molecule has 3 aliphatic carbocycles. The van der Waals surface area contributed by atoms with Gasteiger partial charge in [0.1, 0.15) is 5.75 Å². The van der Waals surface area contributed by atoms with Crippen molar-refractivity contribution in [3.05, 3.63) is 64.7 Å². The number of rotatable bonds is 8. The van der Waals surface area contributed by atoms with Crippen LogP contribution in [0.25, 0.3) is 0 Å². The molecule has 2 aromatic rings. The molecule has 0 bridgehead atoms. The number of amides is 2. The Morgan fingerprint density at radius 1 is 1.03 bits per heavy atom. The Morgan fingerprint density at radius 2 is 1.81 bits per heavy atom. The topological polar surface area (TPSA) is 58.6 Å². The van der Waals surface area contributed by atoms with Crippen LogP contribution in [0.3, 0.4) is 0 Å². The van der Waals surface area contributed by atoms with Gasteiger partial charge in [-0.1, -0.05) is 18.2 Å². The van der Waals surface area contributed by atoms with Crippen LogP contribution in [0.5, 0.6) is 5.75 Å². The van der Waals surface area contributed by atoms with E-state index in [1.165, 1.54) is 11.1 Å². The molecular formula is C27H32N2O3. The van der Waals surface area contributed by atoms with Crippen LogP contribution in [0.15, 0.2) is 42.5 Å². The summed E-state index contributed by atoms with van der Waals surface area (Å²) in [5.41, 5.74) is 4.42. The summed E-state index contributed by atoms with van der Waals surface area (Å²) in [6.45, 7) is 0.621. The second-order valence-electron chi connectivity index (χ2n) is 9.56. The molecule has 0 aliphatic heterocycles. The summed E-state index contributed by atoms with van der Waals surface area (Å²) in [5.74, 6) is 1.43. The molecule has 2 saturated carbocycles. The lowest BCUT2D eigenvalue weighted by atomic mass is 9.80. The minimum Gasteiger partial charge on any atom is -0.497 e. The van der Waals surface area contributed by atoms with E-state index >= 15 is 0 Å². The number of fused-ring (bicyclic) bond motifs is 1. The number of carbonyl (C=O) groups is 2. The molecule has 5 rings (SSSR count). The van der Waals surface area contributed by atoms with Crippen LogP contribution in [0, 0.1) is 0 Å². The fraction of sp³-hybridized carbons (Fsp3) is 0.481. The van der Waals surface area contributed by atoms with Crippen LogP contribution >= 0.6 is 0 Å². The molecule has 2 aromatic carbocycles. The highest BCUT2D eigenvalue weighted by molar-refractivity contribution is 5.94. The molecule has 168 valence electrons. The van der Waals surface area contributed by atoms with Gasteiger partial charge in [-0.15, -0.1) is 0 Å². The van der Waals surface area contributed by atoms with Crippen molar-refractivity contribution in [1.82, 2.24) is 10.2 Å². The molecule has 5 heteroatoms. The average molecular weight is 433 g/mol. The molecular weight excluding hydrogens is 400 g/mol. The third-order valence-electron chi connectivity index (χ3n) is 7.00. The highest BCUT2D eigenvalue weighted by Crippen LogP contribution is 2.37. The van der Waals surface area contributed by atoms with E-state index in [-0.39, 0.29) is 17.7 Å². The van der Waals surface area contributed by atoms with Gasteiger partial charge in [0.25, 0.3) is 5.91 Å². The molecule has 5 nitrogen and oxygen atoms in total. The summed E-state index contributed by atoms with van der Waals surface area (Å²) in [6, 6.07) is 14.8. The zero-order valence-electron chi connectivity index (χ0n) is 18.8. The maximum atomic E-state index is 13.4. The molecule has 1 atom stereocenters. The number of hydrogen-bond acceptors (Lipinski definition) is 3. The van der Waals surface area contributed by atoms with Crippen LogP contribution in [0.4, 0.5) is 0 Å². The van der Waals surface area contributed by atoms with Gasteiger partial charge < -0.3 is 15.0 Å². The Labute approximate surface area is 190 Å². The number of hydrogen-bond donors (Lipinski definition) is 1. The van der Waals surface area contributed by atoms with E-state index in [2.05, 4.69) is 22.3 Å². The summed E-state index contributed by atoms with van der Waals surface area (Å²) in [5, 5.41) is 3.03. The van der Waals surface area contributed by atoms with E-state index < -0.39 is 0 Å². The van der Waals surface area contributed by atoms with Crippen LogP contribution in [0.2, 0.25) is 0 Å². The highest BCUT2D eigenvalue weighted by atomic mass is 16.5. The summed E-state index contributed by atoms with van der Waals surface area (Å²) in [4.78, 5) is 27.7. The number of carbonyl (C=O) groups excluding carboxylic acids is 2. The first-order valence-electron chi connectivity index (χ1n) is 12.0. The van der Waals surface area contributed by atoms with E-state index in [1.807, 2.05) is 30.3 Å². The summed E-state index contributed by atoms with van der Waals surface area (Å²) in [7, 11) is 1.70. The van der Waals surface area contributed by atoms with Crippen molar-refractivity contribution in [2.45, 2.75) is 75.9 Å². The summed E-state index contributed by atoms with van der Waals surface area (Å²) >= 11 is 0. The third-order valence-corrected chi connectivity index (χ3v) is 7.00. The number of ether oxygens (including phenoxy) is 1. The van der Waals surface area contributed by atoms with E-state index in [1.54, 1.807) is 7.11 Å². The van der Waals surface area contributed by atoms with Gasteiger partial charge in [0.15, 0.2) is 0 Å². The van der Waals surface area contributed by atoms with Gasteiger partial charge in [0.2, 0.25) is 5.91 Å². The van der Waals surface area contributed by atoms with Gasteiger partial charge in [-0.25, -0.2) is 0 Å². The van der Waals surface area contributed by atoms with Crippen LogP contribution in [-0.2, 0) is 17.8 Å². The fourth-order valence-electron chi connectivity index (χ4n) is 4.82. The normalized spacial score (nSPS) is 19.7. The number of benzene rings is 2. The van der Waals surface area contributed by atoms with Crippen molar-refractivity contribution in [2.24, 2.45) is 0 Å². The molecule has 2 fully saturated rings. The second kappa shape index (κ2) is 8.97. The number of nitrogens with one attached hydrogen (secondary N) is 1. The molecule has 0 radical (unpaired) electrons. The average Bonchev–Trinajstić information content (AvgIpc) is 3.73. The van der Waals surface area contributed by atoms with Gasteiger partial charge in [0.05, 0.1) is 7.11 Å². The first-order chi connectivity index (χ1) is 15.6. The van der Waals surface area contributed by atoms with Crippen LogP contribution in [0.1, 0.15) is 77.9 Å². The van der Waals surface area contributed by atoms with Crippen molar-refractivity contribution in [1.29, 1.82) is 0 Å². The number of aryl methyl sites for hydroxylation is 1. The molecule has 0 aromatic heterocycles. The van der Waals surface area contributed by atoms with Gasteiger partial charge in [-0.3, -0.25) is 9.59 Å². The molecule has 3 aliphatic rings. The maximum absolute atomic E-state index is 13.4. The molecule has 0 heterocycles. The van der Waals surface area contributed by atoms with Crippen molar-refractivity contribution in [3.8, 4) is 5.75 Å². The van der Waals surface area contributed by atoms with Crippen molar-refractivity contribution >= 4 is 11.8 Å². The molecule has 1 unspecified atom stereocenters. The van der Waals surface area contributed by atoms with E-state index in [4.69, 9.17) is 4.74 Å². The van der Waals surface area contributed by atoms with Crippen LogP contribution < -0.4 is 10.1 Å². The van der Waals surface area contributed by atoms with Crippen molar-refractivity contribution < 1.29 is 14.3 Å². The van der Waals surface area contributed by atoms with E-state index in [0.29, 0.717) is 30.6 Å². The number of nitrogens with zero attached hydrogens (tertiary/aromatic N) is 1. The standard InChI is InChI=1S/C27H32N2O3/c1-32-24-13-14-25-20(15-24)3-2-4-21(25)16-26(30)29(23-11-12-23)17-18-5-7-19(8-6-18)27(31)28-22-9-10-22/h5-8,13-15,21-23H,2-4,9-12,16-17H2,1H3,(H,28,31). The molecule has 32 heavy (non-hydrogen) atoms. The van der Waals surface area contributed by atoms with Crippen molar-refractivity contribution in [3.63, 3.8) is 0 Å².